The normalized spacial score (nSPS) is 11.9. The van der Waals surface area contributed by atoms with E-state index in [1.54, 1.807) is 18.2 Å². The number of amides is 3. The van der Waals surface area contributed by atoms with E-state index >= 15 is 0 Å². The maximum absolute atomic E-state index is 12.3. The van der Waals surface area contributed by atoms with Crippen LogP contribution in [0.1, 0.15) is 54.5 Å². The number of unbranched alkanes of at least 4 members (excludes halogenated alkanes) is 1. The summed E-state index contributed by atoms with van der Waals surface area (Å²) in [5.41, 5.74) is 4.21. The molecule has 0 fully saturated rings. The van der Waals surface area contributed by atoms with Gasteiger partial charge in [-0.1, -0.05) is 78.9 Å². The molecular weight excluding hydrogens is 648 g/mol. The predicted octanol–water partition coefficient (Wildman–Crippen LogP) is 5.68. The van der Waals surface area contributed by atoms with Gasteiger partial charge in [-0.25, -0.2) is 4.79 Å². The van der Waals surface area contributed by atoms with E-state index in [0.717, 1.165) is 36.0 Å². The number of nitrogens with one attached hydrogen (secondary N) is 4. The van der Waals surface area contributed by atoms with Crippen molar-refractivity contribution in [2.45, 2.75) is 58.0 Å². The zero-order valence-corrected chi connectivity index (χ0v) is 29.0. The first-order valence-electron chi connectivity index (χ1n) is 17.2. The van der Waals surface area contributed by atoms with E-state index in [-0.39, 0.29) is 25.2 Å². The third-order valence-electron chi connectivity index (χ3n) is 8.07. The summed E-state index contributed by atoms with van der Waals surface area (Å²) in [5.74, 6) is 0.908. The number of anilines is 1. The molecule has 0 radical (unpaired) electrons. The second kappa shape index (κ2) is 21.6. The first kappa shape index (κ1) is 38.4. The van der Waals surface area contributed by atoms with Crippen LogP contribution in [0.3, 0.4) is 0 Å². The van der Waals surface area contributed by atoms with E-state index in [2.05, 4.69) is 21.3 Å². The van der Waals surface area contributed by atoms with Crippen LogP contribution in [-0.4, -0.2) is 55.8 Å². The van der Waals surface area contributed by atoms with E-state index in [1.807, 2.05) is 91.9 Å². The number of carbonyl (C=O) groups excluding carboxylic acids is 3. The Labute approximate surface area is 299 Å². The minimum absolute atomic E-state index is 0.0266. The summed E-state index contributed by atoms with van der Waals surface area (Å²) in [4.78, 5) is 35.4. The minimum atomic E-state index is -0.810. The fourth-order valence-electron chi connectivity index (χ4n) is 5.12. The molecule has 1 unspecified atom stereocenters. The number of alkyl carbamates (subject to hydrolysis) is 1. The van der Waals surface area contributed by atoms with Crippen LogP contribution < -0.4 is 30.7 Å². The van der Waals surface area contributed by atoms with Gasteiger partial charge in [0.2, 0.25) is 6.41 Å². The lowest BCUT2D eigenvalue weighted by atomic mass is 10.1. The number of carbonyl (C=O) groups is 3. The van der Waals surface area contributed by atoms with Crippen LogP contribution in [-0.2, 0) is 34.0 Å². The maximum atomic E-state index is 12.3. The Balaban J connectivity index is 1.05. The number of hydrogen-bond acceptors (Lipinski definition) is 8. The molecule has 4 aromatic carbocycles. The first-order valence-corrected chi connectivity index (χ1v) is 17.2. The topological polar surface area (TPSA) is 147 Å². The Kier molecular flexibility index (Phi) is 16.3. The van der Waals surface area contributed by atoms with Crippen LogP contribution >= 0.6 is 0 Å². The van der Waals surface area contributed by atoms with Gasteiger partial charge in [0, 0.05) is 25.7 Å². The molecule has 0 aliphatic rings. The summed E-state index contributed by atoms with van der Waals surface area (Å²) in [6.07, 6.45) is 2.60. The maximum Gasteiger partial charge on any atom is 0.407 e. The van der Waals surface area contributed by atoms with Crippen molar-refractivity contribution in [1.82, 2.24) is 16.0 Å². The predicted molar refractivity (Wildman–Crippen MR) is 196 cm³/mol. The van der Waals surface area contributed by atoms with Crippen molar-refractivity contribution in [3.05, 3.63) is 125 Å². The molecule has 0 saturated heterocycles. The fraction of sp³-hybridized carbons (Fsp3) is 0.325. The molecule has 51 heavy (non-hydrogen) atoms. The number of ether oxygens (including phenoxy) is 3. The molecule has 0 heterocycles. The molecule has 11 nitrogen and oxygen atoms in total. The lowest BCUT2D eigenvalue weighted by Gasteiger charge is -2.19. The van der Waals surface area contributed by atoms with Crippen molar-refractivity contribution in [2.75, 3.05) is 31.6 Å². The van der Waals surface area contributed by atoms with E-state index in [1.165, 1.54) is 0 Å². The average Bonchev–Trinajstić information content (AvgIpc) is 3.16. The standard InChI is InChI=1S/C40H48N4O7/c1-30(43-25-37(46)34-17-20-38(36(24-34)44-29-45)50-26-32-11-4-2-5-12-32)21-23-41-39(47)28-49-35-18-15-31(16-19-35)10-8-9-22-42-40(48)51-27-33-13-6-3-7-14-33/h2-7,11-20,24,29-30,37,43,46H,8-10,21-23,25-28H2,1H3,(H,41,47)(H,42,48)(H,44,45)/t30-,37?/m1/s1. The van der Waals surface area contributed by atoms with E-state index < -0.39 is 12.2 Å². The Hall–Kier alpha value is -5.39. The summed E-state index contributed by atoms with van der Waals surface area (Å²) in [6.45, 7) is 3.78. The molecule has 270 valence electrons. The molecule has 0 bridgehead atoms. The third kappa shape index (κ3) is 14.5. The van der Waals surface area contributed by atoms with Crippen molar-refractivity contribution in [2.24, 2.45) is 0 Å². The number of hydrogen-bond donors (Lipinski definition) is 5. The average molecular weight is 697 g/mol. The first-order chi connectivity index (χ1) is 24.9. The lowest BCUT2D eigenvalue weighted by Crippen LogP contribution is -2.36. The lowest BCUT2D eigenvalue weighted by molar-refractivity contribution is -0.123. The van der Waals surface area contributed by atoms with Gasteiger partial charge in [0.1, 0.15) is 24.7 Å². The molecule has 0 aliphatic carbocycles. The smallest absolute Gasteiger partial charge is 0.407 e. The van der Waals surface area contributed by atoms with Crippen molar-refractivity contribution in [3.8, 4) is 11.5 Å². The van der Waals surface area contributed by atoms with Crippen LogP contribution in [0, 0.1) is 0 Å². The molecule has 5 N–H and O–H groups in total. The highest BCUT2D eigenvalue weighted by molar-refractivity contribution is 5.77. The molecule has 4 aromatic rings. The van der Waals surface area contributed by atoms with Gasteiger partial charge in [-0.2, -0.15) is 0 Å². The van der Waals surface area contributed by atoms with Crippen molar-refractivity contribution in [1.29, 1.82) is 0 Å². The Bertz CT molecular complexity index is 1620. The number of aliphatic hydroxyl groups excluding tert-OH is 1. The molecular formula is C40H48N4O7. The zero-order valence-electron chi connectivity index (χ0n) is 29.0. The summed E-state index contributed by atoms with van der Waals surface area (Å²) in [5, 5.41) is 22.4. The fourth-order valence-corrected chi connectivity index (χ4v) is 5.12. The highest BCUT2D eigenvalue weighted by Crippen LogP contribution is 2.29. The van der Waals surface area contributed by atoms with E-state index in [0.29, 0.717) is 61.8 Å². The van der Waals surface area contributed by atoms with Crippen molar-refractivity contribution in [3.63, 3.8) is 0 Å². The molecule has 0 saturated carbocycles. The van der Waals surface area contributed by atoms with E-state index in [4.69, 9.17) is 14.2 Å². The highest BCUT2D eigenvalue weighted by Gasteiger charge is 2.14. The number of aliphatic hydroxyl groups is 1. The summed E-state index contributed by atoms with van der Waals surface area (Å²) in [7, 11) is 0. The van der Waals surface area contributed by atoms with Crippen LogP contribution in [0.15, 0.2) is 103 Å². The highest BCUT2D eigenvalue weighted by atomic mass is 16.5. The van der Waals surface area contributed by atoms with Gasteiger partial charge in [0.25, 0.3) is 5.91 Å². The second-order valence-corrected chi connectivity index (χ2v) is 12.1. The van der Waals surface area contributed by atoms with Crippen LogP contribution in [0.5, 0.6) is 11.5 Å². The van der Waals surface area contributed by atoms with Gasteiger partial charge in [-0.15, -0.1) is 0 Å². The molecule has 0 spiro atoms. The SMILES string of the molecule is C[C@H](CCNC(=O)COc1ccc(CCCCNC(=O)OCc2ccccc2)cc1)NCC(O)c1ccc(OCc2ccccc2)c(NC=O)c1. The minimum Gasteiger partial charge on any atom is -0.487 e. The second-order valence-electron chi connectivity index (χ2n) is 12.1. The monoisotopic (exact) mass is 696 g/mol. The quantitative estimate of drug-likeness (QED) is 0.0521. The third-order valence-corrected chi connectivity index (χ3v) is 8.07. The summed E-state index contributed by atoms with van der Waals surface area (Å²) >= 11 is 0. The van der Waals surface area contributed by atoms with Crippen LogP contribution in [0.2, 0.25) is 0 Å². The molecule has 3 amide bonds. The molecule has 4 rings (SSSR count). The Morgan fingerprint density at radius 1 is 0.784 bits per heavy atom. The molecule has 2 atom stereocenters. The molecule has 11 heteroatoms. The van der Waals surface area contributed by atoms with Crippen LogP contribution in [0.25, 0.3) is 0 Å². The number of rotatable bonds is 22. The van der Waals surface area contributed by atoms with Gasteiger partial charge in [0.05, 0.1) is 11.8 Å². The van der Waals surface area contributed by atoms with Crippen molar-refractivity contribution >= 4 is 24.1 Å². The van der Waals surface area contributed by atoms with Gasteiger partial charge < -0.3 is 40.6 Å². The largest absolute Gasteiger partial charge is 0.487 e. The van der Waals surface area contributed by atoms with Gasteiger partial charge in [-0.05, 0) is 79.1 Å². The van der Waals surface area contributed by atoms with Gasteiger partial charge in [0.15, 0.2) is 6.61 Å². The van der Waals surface area contributed by atoms with Crippen molar-refractivity contribution < 1.29 is 33.7 Å². The van der Waals surface area contributed by atoms with Gasteiger partial charge in [-0.3, -0.25) is 9.59 Å². The zero-order chi connectivity index (χ0) is 36.1. The molecule has 0 aromatic heterocycles. The van der Waals surface area contributed by atoms with E-state index in [9.17, 15) is 19.5 Å². The number of aryl methyl sites for hydroxylation is 1. The van der Waals surface area contributed by atoms with Gasteiger partial charge >= 0.3 is 6.09 Å². The molecule has 0 aliphatic heterocycles. The summed E-state index contributed by atoms with van der Waals surface area (Å²) in [6, 6.07) is 32.2. The Morgan fingerprint density at radius 3 is 2.20 bits per heavy atom. The number of benzene rings is 4. The van der Waals surface area contributed by atoms with Crippen LogP contribution in [0.4, 0.5) is 10.5 Å². The summed E-state index contributed by atoms with van der Waals surface area (Å²) < 4.78 is 16.8. The Morgan fingerprint density at radius 2 is 1.49 bits per heavy atom.